The van der Waals surface area contributed by atoms with Gasteiger partial charge >= 0.3 is 5.97 Å². The van der Waals surface area contributed by atoms with Crippen molar-refractivity contribution in [2.75, 3.05) is 11.9 Å². The van der Waals surface area contributed by atoms with Crippen molar-refractivity contribution in [3.63, 3.8) is 0 Å². The number of amides is 1. The van der Waals surface area contributed by atoms with E-state index in [9.17, 15) is 14.0 Å². The molecule has 0 aliphatic rings. The van der Waals surface area contributed by atoms with E-state index in [4.69, 9.17) is 9.47 Å². The van der Waals surface area contributed by atoms with Crippen molar-refractivity contribution in [2.24, 2.45) is 0 Å². The highest BCUT2D eigenvalue weighted by Crippen LogP contribution is 2.23. The van der Waals surface area contributed by atoms with Gasteiger partial charge in [0.25, 0.3) is 5.91 Å². The van der Waals surface area contributed by atoms with Gasteiger partial charge in [0.05, 0.1) is 0 Å². The summed E-state index contributed by atoms with van der Waals surface area (Å²) in [6.45, 7) is 5.18. The van der Waals surface area contributed by atoms with Crippen molar-refractivity contribution in [3.8, 4) is 5.75 Å². The van der Waals surface area contributed by atoms with Gasteiger partial charge in [0, 0.05) is 5.69 Å². The summed E-state index contributed by atoms with van der Waals surface area (Å²) in [7, 11) is 0. The molecule has 0 bridgehead atoms. The van der Waals surface area contributed by atoms with E-state index < -0.39 is 23.8 Å². The average molecular weight is 359 g/mol. The number of para-hydroxylation sites is 1. The highest BCUT2D eigenvalue weighted by atomic mass is 19.1. The van der Waals surface area contributed by atoms with Crippen molar-refractivity contribution in [3.05, 3.63) is 59.9 Å². The standard InChI is InChI=1S/C20H22FNO4/c1-13(2)17-6-4-5-7-18(17)22-20(24)14(3)26-19(23)12-25-16-10-8-15(21)9-11-16/h4-11,13-14H,12H2,1-3H3,(H,22,24)/t14-/m1/s1. The maximum Gasteiger partial charge on any atom is 0.344 e. The Morgan fingerprint density at radius 2 is 1.69 bits per heavy atom. The minimum absolute atomic E-state index is 0.244. The van der Waals surface area contributed by atoms with E-state index in [1.807, 2.05) is 32.0 Å². The summed E-state index contributed by atoms with van der Waals surface area (Å²) >= 11 is 0. The zero-order valence-corrected chi connectivity index (χ0v) is 15.0. The number of ether oxygens (including phenoxy) is 2. The predicted molar refractivity (Wildman–Crippen MR) is 96.6 cm³/mol. The van der Waals surface area contributed by atoms with Crippen molar-refractivity contribution >= 4 is 17.6 Å². The van der Waals surface area contributed by atoms with Gasteiger partial charge in [-0.25, -0.2) is 9.18 Å². The van der Waals surface area contributed by atoms with Gasteiger partial charge in [-0.15, -0.1) is 0 Å². The monoisotopic (exact) mass is 359 g/mol. The Labute approximate surface area is 152 Å². The molecule has 0 aliphatic heterocycles. The third-order valence-electron chi connectivity index (χ3n) is 3.69. The third-order valence-corrected chi connectivity index (χ3v) is 3.69. The van der Waals surface area contributed by atoms with Crippen LogP contribution in [0.25, 0.3) is 0 Å². The summed E-state index contributed by atoms with van der Waals surface area (Å²) in [5, 5.41) is 2.78. The zero-order valence-electron chi connectivity index (χ0n) is 15.0. The van der Waals surface area contributed by atoms with Crippen LogP contribution in [-0.2, 0) is 14.3 Å². The number of rotatable bonds is 7. The maximum atomic E-state index is 12.8. The number of benzene rings is 2. The number of carbonyl (C=O) groups is 2. The molecular weight excluding hydrogens is 337 g/mol. The van der Waals surface area contributed by atoms with E-state index in [0.717, 1.165) is 5.56 Å². The van der Waals surface area contributed by atoms with Gasteiger partial charge in [0.2, 0.25) is 0 Å². The van der Waals surface area contributed by atoms with Crippen LogP contribution in [0.15, 0.2) is 48.5 Å². The Hall–Kier alpha value is -2.89. The molecule has 1 atom stereocenters. The Kier molecular flexibility index (Phi) is 6.72. The van der Waals surface area contributed by atoms with E-state index in [-0.39, 0.29) is 12.5 Å². The lowest BCUT2D eigenvalue weighted by atomic mass is 10.0. The van der Waals surface area contributed by atoms with Crippen molar-refractivity contribution < 1.29 is 23.5 Å². The molecule has 6 heteroatoms. The van der Waals surface area contributed by atoms with Gasteiger partial charge in [-0.05, 0) is 48.7 Å². The van der Waals surface area contributed by atoms with Gasteiger partial charge in [0.1, 0.15) is 11.6 Å². The molecule has 0 aromatic heterocycles. The average Bonchev–Trinajstić information content (AvgIpc) is 2.61. The first kappa shape index (κ1) is 19.4. The number of halogens is 1. The summed E-state index contributed by atoms with van der Waals surface area (Å²) in [5.41, 5.74) is 1.69. The van der Waals surface area contributed by atoms with Crippen molar-refractivity contribution in [1.82, 2.24) is 0 Å². The molecule has 0 fully saturated rings. The molecule has 0 spiro atoms. The van der Waals surface area contributed by atoms with E-state index in [1.54, 1.807) is 6.07 Å². The summed E-state index contributed by atoms with van der Waals surface area (Å²) in [4.78, 5) is 24.1. The van der Waals surface area contributed by atoms with E-state index >= 15 is 0 Å². The van der Waals surface area contributed by atoms with Crippen molar-refractivity contribution in [2.45, 2.75) is 32.8 Å². The lowest BCUT2D eigenvalue weighted by Gasteiger charge is -2.17. The first-order valence-electron chi connectivity index (χ1n) is 8.34. The summed E-state index contributed by atoms with van der Waals surface area (Å²) in [6.07, 6.45) is -0.973. The van der Waals surface area contributed by atoms with Crippen LogP contribution in [0, 0.1) is 5.82 Å². The van der Waals surface area contributed by atoms with Crippen LogP contribution in [0.1, 0.15) is 32.3 Å². The van der Waals surface area contributed by atoms with Crippen LogP contribution in [0.5, 0.6) is 5.75 Å². The van der Waals surface area contributed by atoms with E-state index in [2.05, 4.69) is 5.32 Å². The number of carbonyl (C=O) groups excluding carboxylic acids is 2. The molecule has 138 valence electrons. The minimum Gasteiger partial charge on any atom is -0.482 e. The fourth-order valence-electron chi connectivity index (χ4n) is 2.31. The van der Waals surface area contributed by atoms with Crippen LogP contribution < -0.4 is 10.1 Å². The Balaban J connectivity index is 1.86. The zero-order chi connectivity index (χ0) is 19.1. The second kappa shape index (κ2) is 8.99. The number of hydrogen-bond donors (Lipinski definition) is 1. The summed E-state index contributed by atoms with van der Waals surface area (Å²) < 4.78 is 23.1. The van der Waals surface area contributed by atoms with Gasteiger partial charge in [-0.1, -0.05) is 32.0 Å². The SMILES string of the molecule is CC(C)c1ccccc1NC(=O)[C@@H](C)OC(=O)COc1ccc(F)cc1. The molecule has 0 saturated heterocycles. The molecule has 0 saturated carbocycles. The van der Waals surface area contributed by atoms with Crippen molar-refractivity contribution in [1.29, 1.82) is 0 Å². The third kappa shape index (κ3) is 5.58. The van der Waals surface area contributed by atoms with Crippen LogP contribution >= 0.6 is 0 Å². The highest BCUT2D eigenvalue weighted by Gasteiger charge is 2.19. The number of esters is 1. The Morgan fingerprint density at radius 1 is 1.04 bits per heavy atom. The molecule has 1 amide bonds. The molecule has 0 unspecified atom stereocenters. The van der Waals surface area contributed by atoms with E-state index in [1.165, 1.54) is 31.2 Å². The predicted octanol–water partition coefficient (Wildman–Crippen LogP) is 3.90. The Bertz CT molecular complexity index is 759. The van der Waals surface area contributed by atoms with Gasteiger partial charge in [-0.3, -0.25) is 4.79 Å². The second-order valence-corrected chi connectivity index (χ2v) is 6.11. The van der Waals surface area contributed by atoms with Crippen LogP contribution in [0.2, 0.25) is 0 Å². The fraction of sp³-hybridized carbons (Fsp3) is 0.300. The van der Waals surface area contributed by atoms with Crippen LogP contribution in [0.3, 0.4) is 0 Å². The van der Waals surface area contributed by atoms with Gasteiger partial charge in [0.15, 0.2) is 12.7 Å². The molecule has 5 nitrogen and oxygen atoms in total. The number of anilines is 1. The lowest BCUT2D eigenvalue weighted by Crippen LogP contribution is -2.32. The largest absolute Gasteiger partial charge is 0.482 e. The normalized spacial score (nSPS) is 11.7. The topological polar surface area (TPSA) is 64.6 Å². The molecular formula is C20H22FNO4. The quantitative estimate of drug-likeness (QED) is 0.762. The first-order chi connectivity index (χ1) is 12.4. The fourth-order valence-corrected chi connectivity index (χ4v) is 2.31. The summed E-state index contributed by atoms with van der Waals surface area (Å²) in [5.74, 6) is -0.922. The molecule has 2 rings (SSSR count). The second-order valence-electron chi connectivity index (χ2n) is 6.11. The molecule has 2 aromatic rings. The first-order valence-corrected chi connectivity index (χ1v) is 8.34. The lowest BCUT2D eigenvalue weighted by molar-refractivity contribution is -0.155. The smallest absolute Gasteiger partial charge is 0.344 e. The van der Waals surface area contributed by atoms with Crippen LogP contribution in [0.4, 0.5) is 10.1 Å². The maximum absolute atomic E-state index is 12.8. The minimum atomic E-state index is -0.973. The van der Waals surface area contributed by atoms with E-state index in [0.29, 0.717) is 11.4 Å². The van der Waals surface area contributed by atoms with Crippen LogP contribution in [-0.4, -0.2) is 24.6 Å². The summed E-state index contributed by atoms with van der Waals surface area (Å²) in [6, 6.07) is 12.7. The van der Waals surface area contributed by atoms with Gasteiger partial charge < -0.3 is 14.8 Å². The number of hydrogen-bond acceptors (Lipinski definition) is 4. The molecule has 2 aromatic carbocycles. The highest BCUT2D eigenvalue weighted by molar-refractivity contribution is 5.95. The Morgan fingerprint density at radius 3 is 2.35 bits per heavy atom. The molecule has 26 heavy (non-hydrogen) atoms. The molecule has 0 radical (unpaired) electrons. The number of nitrogens with one attached hydrogen (secondary N) is 1. The van der Waals surface area contributed by atoms with Gasteiger partial charge in [-0.2, -0.15) is 0 Å². The molecule has 0 aliphatic carbocycles. The molecule has 1 N–H and O–H groups in total. The molecule has 0 heterocycles.